The second kappa shape index (κ2) is 6.94. The van der Waals surface area contributed by atoms with Crippen molar-refractivity contribution >= 4 is 11.8 Å². The van der Waals surface area contributed by atoms with E-state index in [4.69, 9.17) is 0 Å². The number of hydrogen-bond donors (Lipinski definition) is 0. The van der Waals surface area contributed by atoms with Gasteiger partial charge in [0.25, 0.3) is 0 Å². The molecule has 0 amide bonds. The third-order valence-electron chi connectivity index (χ3n) is 1.22. The highest BCUT2D eigenvalue weighted by Gasteiger charge is 1.88. The van der Waals surface area contributed by atoms with Gasteiger partial charge in [-0.1, -0.05) is 32.6 Å². The summed E-state index contributed by atoms with van der Waals surface area (Å²) in [6, 6.07) is 0. The van der Waals surface area contributed by atoms with Gasteiger partial charge in [0.05, 0.1) is 0 Å². The Morgan fingerprint density at radius 2 is 2.30 bits per heavy atom. The first kappa shape index (κ1) is 9.83. The van der Waals surface area contributed by atoms with Crippen molar-refractivity contribution in [2.45, 2.75) is 19.8 Å². The van der Waals surface area contributed by atoms with E-state index in [0.29, 0.717) is 0 Å². The normalized spacial score (nSPS) is 9.30. The fourth-order valence-electron chi connectivity index (χ4n) is 0.509. The summed E-state index contributed by atoms with van der Waals surface area (Å²) in [6.07, 6.45) is 4.43. The van der Waals surface area contributed by atoms with Crippen LogP contribution in [0.2, 0.25) is 0 Å². The van der Waals surface area contributed by atoms with E-state index in [-0.39, 0.29) is 0 Å². The van der Waals surface area contributed by atoms with Gasteiger partial charge in [-0.3, -0.25) is 0 Å². The van der Waals surface area contributed by atoms with Crippen LogP contribution in [0, 0.1) is 0 Å². The number of hydrogen-bond acceptors (Lipinski definition) is 1. The molecule has 0 fully saturated rings. The topological polar surface area (TPSA) is 0 Å². The number of allylic oxidation sites excluding steroid dienone is 1. The van der Waals surface area contributed by atoms with Gasteiger partial charge in [0.2, 0.25) is 0 Å². The molecule has 0 aromatic rings. The SMILES string of the molecule is C=CC(=C)CSCCCC. The molecule has 0 aliphatic carbocycles. The first-order chi connectivity index (χ1) is 4.81. The van der Waals surface area contributed by atoms with E-state index in [9.17, 15) is 0 Å². The molecular formula is C9H16S. The maximum Gasteiger partial charge on any atom is 0.0178 e. The van der Waals surface area contributed by atoms with Crippen LogP contribution in [-0.2, 0) is 0 Å². The van der Waals surface area contributed by atoms with Crippen LogP contribution >= 0.6 is 11.8 Å². The third kappa shape index (κ3) is 5.96. The summed E-state index contributed by atoms with van der Waals surface area (Å²) in [5.41, 5.74) is 1.14. The lowest BCUT2D eigenvalue weighted by Gasteiger charge is -1.98. The van der Waals surface area contributed by atoms with Crippen LogP contribution in [0.25, 0.3) is 0 Å². The number of unbranched alkanes of at least 4 members (excludes halogenated alkanes) is 1. The molecule has 1 heteroatoms. The molecule has 0 aliphatic heterocycles. The Morgan fingerprint density at radius 3 is 2.80 bits per heavy atom. The first-order valence-corrected chi connectivity index (χ1v) is 4.84. The van der Waals surface area contributed by atoms with Crippen LogP contribution in [0.1, 0.15) is 19.8 Å². The Hall–Kier alpha value is -0.170. The molecule has 0 heterocycles. The summed E-state index contributed by atoms with van der Waals surface area (Å²) in [7, 11) is 0. The van der Waals surface area contributed by atoms with E-state index in [1.165, 1.54) is 18.6 Å². The average Bonchev–Trinajstić information content (AvgIpc) is 1.98. The lowest BCUT2D eigenvalue weighted by molar-refractivity contribution is 0.896. The molecule has 0 atom stereocenters. The second-order valence-electron chi connectivity index (χ2n) is 2.27. The minimum Gasteiger partial charge on any atom is -0.157 e. The molecule has 0 aromatic heterocycles. The third-order valence-corrected chi connectivity index (χ3v) is 2.37. The van der Waals surface area contributed by atoms with Crippen molar-refractivity contribution in [2.75, 3.05) is 11.5 Å². The lowest BCUT2D eigenvalue weighted by Crippen LogP contribution is -1.83. The number of rotatable bonds is 6. The molecule has 0 saturated carbocycles. The Morgan fingerprint density at radius 1 is 1.60 bits per heavy atom. The van der Waals surface area contributed by atoms with E-state index in [1.807, 2.05) is 17.8 Å². The van der Waals surface area contributed by atoms with Crippen molar-refractivity contribution in [3.05, 3.63) is 24.8 Å². The van der Waals surface area contributed by atoms with Crippen molar-refractivity contribution in [3.8, 4) is 0 Å². The van der Waals surface area contributed by atoms with Crippen molar-refractivity contribution in [2.24, 2.45) is 0 Å². The summed E-state index contributed by atoms with van der Waals surface area (Å²) in [6.45, 7) is 9.69. The molecule has 0 bridgehead atoms. The monoisotopic (exact) mass is 156 g/mol. The standard InChI is InChI=1S/C9H16S/c1-4-6-7-10-8-9(3)5-2/h5H,2-4,6-8H2,1H3. The van der Waals surface area contributed by atoms with Crippen molar-refractivity contribution in [3.63, 3.8) is 0 Å². The molecule has 0 N–H and O–H groups in total. The van der Waals surface area contributed by atoms with Crippen molar-refractivity contribution < 1.29 is 0 Å². The van der Waals surface area contributed by atoms with Crippen LogP contribution in [0.4, 0.5) is 0 Å². The van der Waals surface area contributed by atoms with Crippen LogP contribution in [-0.4, -0.2) is 11.5 Å². The highest BCUT2D eigenvalue weighted by Crippen LogP contribution is 2.08. The van der Waals surface area contributed by atoms with E-state index in [2.05, 4.69) is 20.1 Å². The molecule has 0 aliphatic rings. The fraction of sp³-hybridized carbons (Fsp3) is 0.556. The molecule has 0 spiro atoms. The molecule has 0 aromatic carbocycles. The van der Waals surface area contributed by atoms with Crippen LogP contribution in [0.15, 0.2) is 24.8 Å². The molecular weight excluding hydrogens is 140 g/mol. The van der Waals surface area contributed by atoms with Gasteiger partial charge < -0.3 is 0 Å². The van der Waals surface area contributed by atoms with E-state index >= 15 is 0 Å². The van der Waals surface area contributed by atoms with Gasteiger partial charge in [0.15, 0.2) is 0 Å². The summed E-state index contributed by atoms with van der Waals surface area (Å²) in [5.74, 6) is 2.30. The predicted octanol–water partition coefficient (Wildman–Crippen LogP) is 3.26. The molecule has 58 valence electrons. The smallest absolute Gasteiger partial charge is 0.0178 e. The van der Waals surface area contributed by atoms with Crippen LogP contribution in [0.5, 0.6) is 0 Å². The van der Waals surface area contributed by atoms with Gasteiger partial charge in [0.1, 0.15) is 0 Å². The zero-order valence-electron chi connectivity index (χ0n) is 6.73. The zero-order chi connectivity index (χ0) is 7.82. The van der Waals surface area contributed by atoms with Gasteiger partial charge in [-0.25, -0.2) is 0 Å². The van der Waals surface area contributed by atoms with E-state index < -0.39 is 0 Å². The van der Waals surface area contributed by atoms with Gasteiger partial charge in [-0.15, -0.1) is 0 Å². The second-order valence-corrected chi connectivity index (χ2v) is 3.37. The molecule has 0 rings (SSSR count). The van der Waals surface area contributed by atoms with Crippen LogP contribution in [0.3, 0.4) is 0 Å². The largest absolute Gasteiger partial charge is 0.157 e. The summed E-state index contributed by atoms with van der Waals surface area (Å²) < 4.78 is 0. The quantitative estimate of drug-likeness (QED) is 0.420. The minimum absolute atomic E-state index is 1.05. The Kier molecular flexibility index (Phi) is 6.83. The predicted molar refractivity (Wildman–Crippen MR) is 51.6 cm³/mol. The molecule has 0 saturated heterocycles. The summed E-state index contributed by atoms with van der Waals surface area (Å²) in [5, 5.41) is 0. The van der Waals surface area contributed by atoms with Gasteiger partial charge in [-0.2, -0.15) is 11.8 Å². The highest BCUT2D eigenvalue weighted by atomic mass is 32.2. The molecule has 0 radical (unpaired) electrons. The molecule has 10 heavy (non-hydrogen) atoms. The molecule has 0 unspecified atom stereocenters. The van der Waals surface area contributed by atoms with Crippen LogP contribution < -0.4 is 0 Å². The number of thioether (sulfide) groups is 1. The lowest BCUT2D eigenvalue weighted by atomic mass is 10.4. The van der Waals surface area contributed by atoms with Crippen molar-refractivity contribution in [1.82, 2.24) is 0 Å². The Labute approximate surface area is 68.4 Å². The minimum atomic E-state index is 1.05. The Bertz CT molecular complexity index is 105. The van der Waals surface area contributed by atoms with Gasteiger partial charge >= 0.3 is 0 Å². The van der Waals surface area contributed by atoms with Gasteiger partial charge in [0, 0.05) is 5.75 Å². The van der Waals surface area contributed by atoms with Gasteiger partial charge in [-0.05, 0) is 17.7 Å². The first-order valence-electron chi connectivity index (χ1n) is 3.69. The maximum atomic E-state index is 3.83. The zero-order valence-corrected chi connectivity index (χ0v) is 7.54. The summed E-state index contributed by atoms with van der Waals surface area (Å²) in [4.78, 5) is 0. The average molecular weight is 156 g/mol. The Balaban J connectivity index is 3.03. The van der Waals surface area contributed by atoms with E-state index in [0.717, 1.165) is 11.3 Å². The summed E-state index contributed by atoms with van der Waals surface area (Å²) >= 11 is 1.94. The maximum absolute atomic E-state index is 3.83. The highest BCUT2D eigenvalue weighted by molar-refractivity contribution is 7.99. The van der Waals surface area contributed by atoms with Crippen molar-refractivity contribution in [1.29, 1.82) is 0 Å². The van der Waals surface area contributed by atoms with E-state index in [1.54, 1.807) is 0 Å². The fourth-order valence-corrected chi connectivity index (χ4v) is 1.53. The molecule has 0 nitrogen and oxygen atoms in total.